The van der Waals surface area contributed by atoms with Gasteiger partial charge in [0.2, 0.25) is 5.91 Å². The maximum absolute atomic E-state index is 13.0. The van der Waals surface area contributed by atoms with Gasteiger partial charge in [-0.15, -0.1) is 0 Å². The summed E-state index contributed by atoms with van der Waals surface area (Å²) in [5.74, 6) is 0.252. The molecule has 0 fully saturated rings. The lowest BCUT2D eigenvalue weighted by molar-refractivity contribution is -0.142. The molecule has 0 saturated heterocycles. The van der Waals surface area contributed by atoms with E-state index < -0.39 is 6.04 Å². The molecule has 0 spiro atoms. The van der Waals surface area contributed by atoms with Gasteiger partial charge in [0.05, 0.1) is 0 Å². The molecule has 0 saturated carbocycles. The standard InChI is InChI=1S/C23H29BrN2O3/c1-5-12-25-23(28)18(4)26(14-19-7-9-20(24)10-8-19)22(27)15-29-21-11-6-16(2)17(3)13-21/h6-11,13,18H,5,12,14-15H2,1-4H3,(H,25,28)/t18-/m0/s1. The van der Waals surface area contributed by atoms with Crippen LogP contribution in [-0.2, 0) is 16.1 Å². The van der Waals surface area contributed by atoms with E-state index >= 15 is 0 Å². The third kappa shape index (κ3) is 6.89. The van der Waals surface area contributed by atoms with E-state index in [2.05, 4.69) is 21.2 Å². The molecule has 156 valence electrons. The zero-order valence-electron chi connectivity index (χ0n) is 17.5. The summed E-state index contributed by atoms with van der Waals surface area (Å²) in [6, 6.07) is 12.9. The average Bonchev–Trinajstić information content (AvgIpc) is 2.71. The molecule has 0 aliphatic rings. The van der Waals surface area contributed by atoms with Crippen LogP contribution in [0.25, 0.3) is 0 Å². The Balaban J connectivity index is 2.13. The lowest BCUT2D eigenvalue weighted by Crippen LogP contribution is -2.49. The van der Waals surface area contributed by atoms with Gasteiger partial charge in [-0.3, -0.25) is 9.59 Å². The van der Waals surface area contributed by atoms with Gasteiger partial charge in [-0.2, -0.15) is 0 Å². The number of rotatable bonds is 9. The van der Waals surface area contributed by atoms with E-state index in [1.165, 1.54) is 5.56 Å². The van der Waals surface area contributed by atoms with Crippen molar-refractivity contribution in [3.8, 4) is 5.75 Å². The van der Waals surface area contributed by atoms with Gasteiger partial charge in [-0.1, -0.05) is 41.1 Å². The van der Waals surface area contributed by atoms with Crippen LogP contribution in [0.2, 0.25) is 0 Å². The second kappa shape index (κ2) is 11.0. The lowest BCUT2D eigenvalue weighted by Gasteiger charge is -2.28. The van der Waals surface area contributed by atoms with Gasteiger partial charge in [-0.25, -0.2) is 0 Å². The highest BCUT2D eigenvalue weighted by atomic mass is 79.9. The van der Waals surface area contributed by atoms with Crippen molar-refractivity contribution in [3.05, 3.63) is 63.6 Å². The summed E-state index contributed by atoms with van der Waals surface area (Å²) in [5, 5.41) is 2.87. The number of nitrogens with one attached hydrogen (secondary N) is 1. The third-order valence-corrected chi connectivity index (χ3v) is 5.35. The summed E-state index contributed by atoms with van der Waals surface area (Å²) < 4.78 is 6.69. The number of carbonyl (C=O) groups excluding carboxylic acids is 2. The highest BCUT2D eigenvalue weighted by Crippen LogP contribution is 2.18. The molecule has 0 heterocycles. The van der Waals surface area contributed by atoms with Crippen LogP contribution in [0.3, 0.4) is 0 Å². The topological polar surface area (TPSA) is 58.6 Å². The predicted octanol–water partition coefficient (Wildman–Crippen LogP) is 4.39. The summed E-state index contributed by atoms with van der Waals surface area (Å²) in [5.41, 5.74) is 3.22. The number of nitrogens with zero attached hydrogens (tertiary/aromatic N) is 1. The van der Waals surface area contributed by atoms with Crippen LogP contribution in [0, 0.1) is 13.8 Å². The highest BCUT2D eigenvalue weighted by Gasteiger charge is 2.26. The Morgan fingerprint density at radius 2 is 1.79 bits per heavy atom. The molecule has 1 atom stereocenters. The predicted molar refractivity (Wildman–Crippen MR) is 119 cm³/mol. The number of benzene rings is 2. The van der Waals surface area contributed by atoms with Crippen molar-refractivity contribution >= 4 is 27.7 Å². The van der Waals surface area contributed by atoms with Crippen molar-refractivity contribution in [2.24, 2.45) is 0 Å². The van der Waals surface area contributed by atoms with E-state index in [9.17, 15) is 9.59 Å². The van der Waals surface area contributed by atoms with Crippen molar-refractivity contribution in [2.75, 3.05) is 13.2 Å². The molecular formula is C23H29BrN2O3. The Hall–Kier alpha value is -2.34. The molecule has 29 heavy (non-hydrogen) atoms. The van der Waals surface area contributed by atoms with E-state index in [1.54, 1.807) is 11.8 Å². The van der Waals surface area contributed by atoms with E-state index in [0.29, 0.717) is 18.8 Å². The fraction of sp³-hybridized carbons (Fsp3) is 0.391. The number of aryl methyl sites for hydroxylation is 2. The minimum Gasteiger partial charge on any atom is -0.484 e. The van der Waals surface area contributed by atoms with Crippen LogP contribution in [0.5, 0.6) is 5.75 Å². The molecule has 0 aromatic heterocycles. The van der Waals surface area contributed by atoms with E-state index in [4.69, 9.17) is 4.74 Å². The first-order chi connectivity index (χ1) is 13.8. The molecule has 0 radical (unpaired) electrons. The van der Waals surface area contributed by atoms with E-state index in [-0.39, 0.29) is 18.4 Å². The van der Waals surface area contributed by atoms with Crippen LogP contribution in [0.1, 0.15) is 37.0 Å². The molecule has 0 aliphatic carbocycles. The van der Waals surface area contributed by atoms with Crippen molar-refractivity contribution < 1.29 is 14.3 Å². The van der Waals surface area contributed by atoms with Gasteiger partial charge >= 0.3 is 0 Å². The van der Waals surface area contributed by atoms with Crippen molar-refractivity contribution in [2.45, 2.75) is 46.7 Å². The van der Waals surface area contributed by atoms with Gasteiger partial charge in [0.1, 0.15) is 11.8 Å². The fourth-order valence-corrected chi connectivity index (χ4v) is 3.06. The molecule has 2 amide bonds. The van der Waals surface area contributed by atoms with Gasteiger partial charge in [-0.05, 0) is 68.1 Å². The van der Waals surface area contributed by atoms with Crippen molar-refractivity contribution in [1.82, 2.24) is 10.2 Å². The maximum atomic E-state index is 13.0. The zero-order chi connectivity index (χ0) is 21.4. The number of carbonyl (C=O) groups is 2. The molecule has 0 aliphatic heterocycles. The van der Waals surface area contributed by atoms with Crippen LogP contribution < -0.4 is 10.1 Å². The van der Waals surface area contributed by atoms with Crippen LogP contribution in [0.15, 0.2) is 46.9 Å². The minimum absolute atomic E-state index is 0.121. The largest absolute Gasteiger partial charge is 0.484 e. The molecule has 0 bridgehead atoms. The number of ether oxygens (including phenoxy) is 1. The molecular weight excluding hydrogens is 432 g/mol. The lowest BCUT2D eigenvalue weighted by atomic mass is 10.1. The van der Waals surface area contributed by atoms with Crippen molar-refractivity contribution in [1.29, 1.82) is 0 Å². The third-order valence-electron chi connectivity index (χ3n) is 4.82. The fourth-order valence-electron chi connectivity index (χ4n) is 2.80. The summed E-state index contributed by atoms with van der Waals surface area (Å²) in [7, 11) is 0. The second-order valence-corrected chi connectivity index (χ2v) is 8.07. The first-order valence-electron chi connectivity index (χ1n) is 9.83. The molecule has 2 rings (SSSR count). The van der Waals surface area contributed by atoms with Gasteiger partial charge in [0.25, 0.3) is 5.91 Å². The zero-order valence-corrected chi connectivity index (χ0v) is 19.1. The maximum Gasteiger partial charge on any atom is 0.261 e. The normalized spacial score (nSPS) is 11.6. The Morgan fingerprint density at radius 3 is 2.41 bits per heavy atom. The first kappa shape index (κ1) is 22.9. The number of hydrogen-bond acceptors (Lipinski definition) is 3. The van der Waals surface area contributed by atoms with Crippen LogP contribution >= 0.6 is 15.9 Å². The monoisotopic (exact) mass is 460 g/mol. The Kier molecular flexibility index (Phi) is 8.70. The summed E-state index contributed by atoms with van der Waals surface area (Å²) in [6.07, 6.45) is 0.842. The molecule has 6 heteroatoms. The first-order valence-corrected chi connectivity index (χ1v) is 10.6. The molecule has 2 aromatic rings. The second-order valence-electron chi connectivity index (χ2n) is 7.15. The molecule has 0 unspecified atom stereocenters. The summed E-state index contributed by atoms with van der Waals surface area (Å²) >= 11 is 3.42. The Bertz CT molecular complexity index is 837. The van der Waals surface area contributed by atoms with Crippen LogP contribution in [0.4, 0.5) is 0 Å². The minimum atomic E-state index is -0.596. The Labute approximate surface area is 181 Å². The smallest absolute Gasteiger partial charge is 0.261 e. The molecule has 2 aromatic carbocycles. The number of amides is 2. The van der Waals surface area contributed by atoms with Gasteiger partial charge < -0.3 is 15.0 Å². The molecule has 1 N–H and O–H groups in total. The average molecular weight is 461 g/mol. The number of hydrogen-bond donors (Lipinski definition) is 1. The van der Waals surface area contributed by atoms with E-state index in [0.717, 1.165) is 22.0 Å². The van der Waals surface area contributed by atoms with Crippen LogP contribution in [-0.4, -0.2) is 35.9 Å². The SMILES string of the molecule is CCCNC(=O)[C@H](C)N(Cc1ccc(Br)cc1)C(=O)COc1ccc(C)c(C)c1. The highest BCUT2D eigenvalue weighted by molar-refractivity contribution is 9.10. The molecule has 5 nitrogen and oxygen atoms in total. The van der Waals surface area contributed by atoms with E-state index in [1.807, 2.05) is 63.2 Å². The van der Waals surface area contributed by atoms with Crippen molar-refractivity contribution in [3.63, 3.8) is 0 Å². The quantitative estimate of drug-likeness (QED) is 0.603. The number of halogens is 1. The Morgan fingerprint density at radius 1 is 1.10 bits per heavy atom. The summed E-state index contributed by atoms with van der Waals surface area (Å²) in [6.45, 7) is 8.58. The van der Waals surface area contributed by atoms with Gasteiger partial charge in [0.15, 0.2) is 6.61 Å². The van der Waals surface area contributed by atoms with Gasteiger partial charge in [0, 0.05) is 17.6 Å². The summed E-state index contributed by atoms with van der Waals surface area (Å²) in [4.78, 5) is 27.0.